The van der Waals surface area contributed by atoms with Gasteiger partial charge in [0.15, 0.2) is 0 Å². The van der Waals surface area contributed by atoms with Gasteiger partial charge in [0, 0.05) is 24.4 Å². The normalized spacial score (nSPS) is 10.3. The number of hydrogen-bond donors (Lipinski definition) is 0. The molecule has 0 fully saturated rings. The minimum Gasteiger partial charge on any atom is -0.492 e. The number of alkyl halides is 1. The number of benzene rings is 1. The van der Waals surface area contributed by atoms with Gasteiger partial charge in [0.05, 0.1) is 6.54 Å². The molecule has 0 N–H and O–H groups in total. The van der Waals surface area contributed by atoms with Crippen LogP contribution in [0, 0.1) is 0 Å². The number of carbonyl (C=O) groups excluding carboxylic acids is 1. The van der Waals surface area contributed by atoms with Crippen molar-refractivity contribution in [1.82, 2.24) is 4.90 Å². The van der Waals surface area contributed by atoms with Crippen LogP contribution in [0.4, 0.5) is 0 Å². The van der Waals surface area contributed by atoms with Crippen LogP contribution in [0.2, 0.25) is 5.02 Å². The number of nitrogens with zero attached hydrogens (tertiary/aromatic N) is 1. The molecule has 0 aromatic heterocycles. The van der Waals surface area contributed by atoms with E-state index in [0.717, 1.165) is 18.6 Å². The van der Waals surface area contributed by atoms with E-state index in [0.29, 0.717) is 30.5 Å². The van der Waals surface area contributed by atoms with Crippen molar-refractivity contribution >= 4 is 29.1 Å². The molecule has 0 spiro atoms. The van der Waals surface area contributed by atoms with Crippen LogP contribution in [-0.4, -0.2) is 36.9 Å². The summed E-state index contributed by atoms with van der Waals surface area (Å²) in [7, 11) is 1.79. The van der Waals surface area contributed by atoms with Gasteiger partial charge >= 0.3 is 0 Å². The SMILES string of the molecule is CN(CCOc1ccc(Cl)cc1)C(=O)CCCCCl. The summed E-state index contributed by atoms with van der Waals surface area (Å²) >= 11 is 11.4. The van der Waals surface area contributed by atoms with Crippen LogP contribution in [0.25, 0.3) is 0 Å². The molecule has 3 nitrogen and oxygen atoms in total. The van der Waals surface area contributed by atoms with Crippen LogP contribution < -0.4 is 4.74 Å². The topological polar surface area (TPSA) is 29.5 Å². The molecule has 0 aliphatic carbocycles. The average Bonchev–Trinajstić information content (AvgIpc) is 2.41. The van der Waals surface area contributed by atoms with Crippen molar-refractivity contribution in [2.75, 3.05) is 26.1 Å². The Labute approximate surface area is 124 Å². The molecule has 1 amide bonds. The number of hydrogen-bond acceptors (Lipinski definition) is 2. The second kappa shape index (κ2) is 9.05. The van der Waals surface area contributed by atoms with Gasteiger partial charge in [-0.3, -0.25) is 4.79 Å². The van der Waals surface area contributed by atoms with Crippen molar-refractivity contribution < 1.29 is 9.53 Å². The lowest BCUT2D eigenvalue weighted by atomic mass is 10.2. The third-order valence-corrected chi connectivity index (χ3v) is 3.23. The Bertz CT molecular complexity index is 382. The lowest BCUT2D eigenvalue weighted by Gasteiger charge is -2.17. The first kappa shape index (κ1) is 16.1. The Kier molecular flexibility index (Phi) is 7.68. The first-order valence-electron chi connectivity index (χ1n) is 6.32. The number of likely N-dealkylation sites (N-methyl/N-ethyl adjacent to an activating group) is 1. The van der Waals surface area contributed by atoms with Crippen LogP contribution in [-0.2, 0) is 4.79 Å². The van der Waals surface area contributed by atoms with Crippen LogP contribution >= 0.6 is 23.2 Å². The molecule has 0 atom stereocenters. The summed E-state index contributed by atoms with van der Waals surface area (Å²) in [6.07, 6.45) is 2.26. The molecular formula is C14H19Cl2NO2. The molecule has 0 saturated heterocycles. The monoisotopic (exact) mass is 303 g/mol. The maximum atomic E-state index is 11.7. The summed E-state index contributed by atoms with van der Waals surface area (Å²) in [6, 6.07) is 7.17. The van der Waals surface area contributed by atoms with E-state index in [-0.39, 0.29) is 5.91 Å². The highest BCUT2D eigenvalue weighted by Gasteiger charge is 2.07. The third kappa shape index (κ3) is 6.69. The lowest BCUT2D eigenvalue weighted by molar-refractivity contribution is -0.130. The molecule has 19 heavy (non-hydrogen) atoms. The first-order chi connectivity index (χ1) is 9.13. The van der Waals surface area contributed by atoms with Gasteiger partial charge in [-0.2, -0.15) is 0 Å². The Balaban J connectivity index is 2.20. The van der Waals surface area contributed by atoms with Gasteiger partial charge < -0.3 is 9.64 Å². The molecule has 0 bridgehead atoms. The highest BCUT2D eigenvalue weighted by atomic mass is 35.5. The van der Waals surface area contributed by atoms with Crippen molar-refractivity contribution in [1.29, 1.82) is 0 Å². The maximum absolute atomic E-state index is 11.7. The standard InChI is InChI=1S/C14H19Cl2NO2/c1-17(14(18)4-2-3-9-15)10-11-19-13-7-5-12(16)6-8-13/h5-8H,2-4,9-11H2,1H3. The zero-order valence-corrected chi connectivity index (χ0v) is 12.6. The zero-order valence-electron chi connectivity index (χ0n) is 11.1. The molecule has 106 valence electrons. The summed E-state index contributed by atoms with van der Waals surface area (Å²) < 4.78 is 5.53. The minimum atomic E-state index is 0.129. The van der Waals surface area contributed by atoms with Gasteiger partial charge in [-0.1, -0.05) is 11.6 Å². The van der Waals surface area contributed by atoms with Gasteiger partial charge in [-0.25, -0.2) is 0 Å². The third-order valence-electron chi connectivity index (χ3n) is 2.71. The quantitative estimate of drug-likeness (QED) is 0.542. The molecule has 1 rings (SSSR count). The fourth-order valence-electron chi connectivity index (χ4n) is 1.52. The Morgan fingerprint density at radius 3 is 2.58 bits per heavy atom. The van der Waals surface area contributed by atoms with Gasteiger partial charge in [-0.05, 0) is 37.1 Å². The highest BCUT2D eigenvalue weighted by molar-refractivity contribution is 6.30. The average molecular weight is 304 g/mol. The zero-order chi connectivity index (χ0) is 14.1. The molecule has 0 radical (unpaired) electrons. The fourth-order valence-corrected chi connectivity index (χ4v) is 1.83. The maximum Gasteiger partial charge on any atom is 0.222 e. The number of halogens is 2. The molecule has 1 aromatic carbocycles. The van der Waals surface area contributed by atoms with Crippen molar-refractivity contribution in [2.24, 2.45) is 0 Å². The number of amides is 1. The van der Waals surface area contributed by atoms with Crippen LogP contribution in [0.3, 0.4) is 0 Å². The first-order valence-corrected chi connectivity index (χ1v) is 7.23. The van der Waals surface area contributed by atoms with E-state index < -0.39 is 0 Å². The van der Waals surface area contributed by atoms with Crippen molar-refractivity contribution in [3.05, 3.63) is 29.3 Å². The molecule has 0 heterocycles. The van der Waals surface area contributed by atoms with Gasteiger partial charge in [0.2, 0.25) is 5.91 Å². The van der Waals surface area contributed by atoms with E-state index in [4.69, 9.17) is 27.9 Å². The minimum absolute atomic E-state index is 0.129. The summed E-state index contributed by atoms with van der Waals surface area (Å²) in [6.45, 7) is 1.04. The summed E-state index contributed by atoms with van der Waals surface area (Å²) in [5, 5.41) is 0.680. The second-order valence-electron chi connectivity index (χ2n) is 4.26. The van der Waals surface area contributed by atoms with Crippen LogP contribution in [0.5, 0.6) is 5.75 Å². The Hall–Kier alpha value is -0.930. The second-order valence-corrected chi connectivity index (χ2v) is 5.08. The van der Waals surface area contributed by atoms with E-state index in [1.165, 1.54) is 0 Å². The summed E-state index contributed by atoms with van der Waals surface area (Å²) in [4.78, 5) is 13.4. The smallest absolute Gasteiger partial charge is 0.222 e. The van der Waals surface area contributed by atoms with Crippen molar-refractivity contribution in [3.8, 4) is 5.75 Å². The molecule has 0 unspecified atom stereocenters. The predicted molar refractivity (Wildman–Crippen MR) is 79.2 cm³/mol. The number of unbranched alkanes of at least 4 members (excludes halogenated alkanes) is 1. The number of carbonyl (C=O) groups is 1. The van der Waals surface area contributed by atoms with E-state index in [1.807, 2.05) is 12.1 Å². The summed E-state index contributed by atoms with van der Waals surface area (Å²) in [5.41, 5.74) is 0. The fraction of sp³-hybridized carbons (Fsp3) is 0.500. The van der Waals surface area contributed by atoms with Crippen LogP contribution in [0.1, 0.15) is 19.3 Å². The van der Waals surface area contributed by atoms with E-state index in [1.54, 1.807) is 24.1 Å². The molecule has 0 saturated carbocycles. The van der Waals surface area contributed by atoms with Crippen molar-refractivity contribution in [3.63, 3.8) is 0 Å². The van der Waals surface area contributed by atoms with Gasteiger partial charge in [-0.15, -0.1) is 11.6 Å². The summed E-state index contributed by atoms with van der Waals surface area (Å²) in [5.74, 6) is 1.49. The number of ether oxygens (including phenoxy) is 1. The Morgan fingerprint density at radius 1 is 1.26 bits per heavy atom. The lowest BCUT2D eigenvalue weighted by Crippen LogP contribution is -2.30. The molecular weight excluding hydrogens is 285 g/mol. The molecule has 0 aliphatic rings. The van der Waals surface area contributed by atoms with E-state index >= 15 is 0 Å². The van der Waals surface area contributed by atoms with E-state index in [2.05, 4.69) is 0 Å². The van der Waals surface area contributed by atoms with E-state index in [9.17, 15) is 4.79 Å². The van der Waals surface area contributed by atoms with Gasteiger partial charge in [0.1, 0.15) is 12.4 Å². The van der Waals surface area contributed by atoms with Crippen molar-refractivity contribution in [2.45, 2.75) is 19.3 Å². The molecule has 0 aliphatic heterocycles. The van der Waals surface area contributed by atoms with Gasteiger partial charge in [0.25, 0.3) is 0 Å². The largest absolute Gasteiger partial charge is 0.492 e. The van der Waals surface area contributed by atoms with Crippen LogP contribution in [0.15, 0.2) is 24.3 Å². The number of rotatable bonds is 8. The Morgan fingerprint density at radius 2 is 1.95 bits per heavy atom. The highest BCUT2D eigenvalue weighted by Crippen LogP contribution is 2.15. The predicted octanol–water partition coefficient (Wildman–Crippen LogP) is 3.59. The molecule has 5 heteroatoms. The molecule has 1 aromatic rings.